The fraction of sp³-hybridized carbons (Fsp3) is 0.950. The molecule has 0 aliphatic heterocycles. The normalized spacial score (nSPS) is 15.4. The summed E-state index contributed by atoms with van der Waals surface area (Å²) in [6.07, 6.45) is 0.955. The van der Waals surface area contributed by atoms with E-state index >= 15 is 0 Å². The minimum atomic E-state index is -2.08. The van der Waals surface area contributed by atoms with Crippen LogP contribution in [0.3, 0.4) is 0 Å². The summed E-state index contributed by atoms with van der Waals surface area (Å²) in [6.45, 7) is 22.3. The second-order valence-electron chi connectivity index (χ2n) is 10.8. The average molecular weight is 446 g/mol. The highest BCUT2D eigenvalue weighted by atomic mass is 28.4. The fourth-order valence-corrected chi connectivity index (χ4v) is 5.16. The van der Waals surface area contributed by atoms with Crippen molar-refractivity contribution in [3.05, 3.63) is 10.4 Å². The molecule has 0 aromatic rings. The maximum atomic E-state index is 12.1. The Kier molecular flexibility index (Phi) is 10.6. The Balaban J connectivity index is 5.65. The first-order chi connectivity index (χ1) is 13.0. The summed E-state index contributed by atoms with van der Waals surface area (Å²) in [7, 11) is -2.72. The van der Waals surface area contributed by atoms with Crippen molar-refractivity contribution in [2.45, 2.75) is 109 Å². The van der Waals surface area contributed by atoms with E-state index in [4.69, 9.17) is 19.1 Å². The van der Waals surface area contributed by atoms with E-state index in [0.29, 0.717) is 19.4 Å². The average Bonchev–Trinajstić information content (AvgIpc) is 2.51. The molecule has 7 nitrogen and oxygen atoms in total. The molecule has 0 saturated heterocycles. The van der Waals surface area contributed by atoms with E-state index in [0.717, 1.165) is 0 Å². The summed E-state index contributed by atoms with van der Waals surface area (Å²) in [5.41, 5.74) is 8.66. The van der Waals surface area contributed by atoms with E-state index in [9.17, 15) is 4.79 Å². The first-order valence-electron chi connectivity index (χ1n) is 10.4. The minimum Gasteiger partial charge on any atom is -0.469 e. The van der Waals surface area contributed by atoms with Crippen molar-refractivity contribution in [3.63, 3.8) is 0 Å². The SMILES string of the molecule is COC(=O)C[C@@H](C[C@@H](CCN=[N+]=[N-])O[Si](C)(C)C(C)(C)C)O[Si](C)(C)C(C)(C)C. The largest absolute Gasteiger partial charge is 0.469 e. The number of rotatable bonds is 11. The van der Waals surface area contributed by atoms with Crippen LogP contribution in [0.5, 0.6) is 0 Å². The highest BCUT2D eigenvalue weighted by molar-refractivity contribution is 6.74. The Labute approximate surface area is 179 Å². The van der Waals surface area contributed by atoms with Crippen LogP contribution in [-0.4, -0.2) is 48.5 Å². The number of carbonyl (C=O) groups excluding carboxylic acids is 1. The van der Waals surface area contributed by atoms with Gasteiger partial charge in [-0.2, -0.15) is 0 Å². The second kappa shape index (κ2) is 11.0. The number of methoxy groups -OCH3 is 1. The molecule has 0 heterocycles. The maximum Gasteiger partial charge on any atom is 0.308 e. The molecule has 0 aromatic carbocycles. The van der Waals surface area contributed by atoms with Gasteiger partial charge < -0.3 is 13.6 Å². The topological polar surface area (TPSA) is 93.5 Å². The van der Waals surface area contributed by atoms with E-state index in [1.807, 2.05) is 0 Å². The lowest BCUT2D eigenvalue weighted by atomic mass is 10.1. The van der Waals surface area contributed by atoms with Gasteiger partial charge in [0.15, 0.2) is 16.6 Å². The second-order valence-corrected chi connectivity index (χ2v) is 20.3. The van der Waals surface area contributed by atoms with Gasteiger partial charge in [0.2, 0.25) is 0 Å². The van der Waals surface area contributed by atoms with Crippen molar-refractivity contribution in [3.8, 4) is 0 Å². The number of esters is 1. The quantitative estimate of drug-likeness (QED) is 0.120. The molecule has 29 heavy (non-hydrogen) atoms. The van der Waals surface area contributed by atoms with Crippen LogP contribution in [0.2, 0.25) is 36.3 Å². The van der Waals surface area contributed by atoms with Crippen molar-refractivity contribution in [1.29, 1.82) is 0 Å². The van der Waals surface area contributed by atoms with E-state index in [1.165, 1.54) is 7.11 Å². The van der Waals surface area contributed by atoms with Crippen molar-refractivity contribution in [2.24, 2.45) is 5.11 Å². The molecule has 170 valence electrons. The van der Waals surface area contributed by atoms with Crippen molar-refractivity contribution >= 4 is 22.6 Å². The Morgan fingerprint density at radius 2 is 1.41 bits per heavy atom. The van der Waals surface area contributed by atoms with E-state index in [-0.39, 0.29) is 34.7 Å². The van der Waals surface area contributed by atoms with Crippen LogP contribution in [-0.2, 0) is 18.4 Å². The number of nitrogens with zero attached hydrogens (tertiary/aromatic N) is 3. The first kappa shape index (κ1) is 28.1. The van der Waals surface area contributed by atoms with Gasteiger partial charge in [0.1, 0.15) is 0 Å². The maximum absolute atomic E-state index is 12.1. The van der Waals surface area contributed by atoms with E-state index < -0.39 is 16.6 Å². The van der Waals surface area contributed by atoms with Gasteiger partial charge in [-0.15, -0.1) is 0 Å². The molecule has 0 unspecified atom stereocenters. The molecule has 0 aromatic heterocycles. The molecular weight excluding hydrogens is 402 g/mol. The summed E-state index contributed by atoms with van der Waals surface area (Å²) in [5, 5.41) is 3.78. The van der Waals surface area contributed by atoms with Gasteiger partial charge in [0, 0.05) is 17.6 Å². The minimum absolute atomic E-state index is 0.0300. The number of ether oxygens (including phenoxy) is 1. The lowest BCUT2D eigenvalue weighted by Crippen LogP contribution is -2.47. The van der Waals surface area contributed by atoms with Crippen LogP contribution in [0.25, 0.3) is 10.4 Å². The van der Waals surface area contributed by atoms with E-state index in [2.05, 4.69) is 77.8 Å². The van der Waals surface area contributed by atoms with Gasteiger partial charge in [-0.25, -0.2) is 0 Å². The molecule has 2 atom stereocenters. The molecule has 0 radical (unpaired) electrons. The Bertz CT molecular complexity index is 577. The van der Waals surface area contributed by atoms with Gasteiger partial charge in [-0.3, -0.25) is 4.79 Å². The number of carbonyl (C=O) groups is 1. The molecule has 0 spiro atoms. The Morgan fingerprint density at radius 3 is 1.79 bits per heavy atom. The van der Waals surface area contributed by atoms with Gasteiger partial charge >= 0.3 is 5.97 Å². The summed E-state index contributed by atoms with van der Waals surface area (Å²) < 4.78 is 18.1. The van der Waals surface area contributed by atoms with Gasteiger partial charge in [-0.05, 0) is 54.6 Å². The van der Waals surface area contributed by atoms with Gasteiger partial charge in [0.05, 0.1) is 19.6 Å². The van der Waals surface area contributed by atoms with Crippen molar-refractivity contribution in [1.82, 2.24) is 0 Å². The fourth-order valence-electron chi connectivity index (χ4n) is 2.39. The molecular formula is C20H43N3O4Si2. The van der Waals surface area contributed by atoms with Crippen LogP contribution in [0, 0.1) is 0 Å². The van der Waals surface area contributed by atoms with Crippen molar-refractivity contribution < 1.29 is 18.4 Å². The third-order valence-corrected chi connectivity index (χ3v) is 15.4. The Morgan fingerprint density at radius 1 is 0.966 bits per heavy atom. The lowest BCUT2D eigenvalue weighted by molar-refractivity contribution is -0.142. The molecule has 0 amide bonds. The highest BCUT2D eigenvalue weighted by Crippen LogP contribution is 2.40. The third-order valence-electron chi connectivity index (χ3n) is 6.30. The smallest absolute Gasteiger partial charge is 0.308 e. The molecule has 0 rings (SSSR count). The molecule has 0 bridgehead atoms. The van der Waals surface area contributed by atoms with Gasteiger partial charge in [-0.1, -0.05) is 46.7 Å². The zero-order chi connectivity index (χ0) is 23.1. The van der Waals surface area contributed by atoms with Crippen molar-refractivity contribution in [2.75, 3.05) is 13.7 Å². The highest BCUT2D eigenvalue weighted by Gasteiger charge is 2.42. The molecule has 9 heteroatoms. The summed E-state index contributed by atoms with van der Waals surface area (Å²) in [4.78, 5) is 14.9. The van der Waals surface area contributed by atoms with Crippen LogP contribution < -0.4 is 0 Å². The number of azide groups is 1. The zero-order valence-corrected chi connectivity index (χ0v) is 22.5. The van der Waals surface area contributed by atoms with E-state index in [1.54, 1.807) is 0 Å². The van der Waals surface area contributed by atoms with Crippen LogP contribution in [0.1, 0.15) is 60.8 Å². The monoisotopic (exact) mass is 445 g/mol. The van der Waals surface area contributed by atoms with Crippen LogP contribution in [0.4, 0.5) is 0 Å². The predicted molar refractivity (Wildman–Crippen MR) is 124 cm³/mol. The number of hydrogen-bond acceptors (Lipinski definition) is 5. The first-order valence-corrected chi connectivity index (χ1v) is 16.2. The number of hydrogen-bond donors (Lipinski definition) is 0. The van der Waals surface area contributed by atoms with Crippen LogP contribution >= 0.6 is 0 Å². The lowest BCUT2D eigenvalue weighted by Gasteiger charge is -2.42. The summed E-state index contributed by atoms with van der Waals surface area (Å²) >= 11 is 0. The molecule has 0 aliphatic carbocycles. The Hall–Kier alpha value is -0.866. The standard InChI is InChI=1S/C20H43N3O4Si2/c1-19(2,3)28(8,9)26-16(12-13-22-23-21)14-17(15-18(24)25-7)27-29(10,11)20(4,5)6/h16-17H,12-15H2,1-11H3/t16-,17-/m1/s1. The summed E-state index contributed by atoms with van der Waals surface area (Å²) in [5.74, 6) is -0.283. The van der Waals surface area contributed by atoms with Gasteiger partial charge in [0.25, 0.3) is 0 Å². The summed E-state index contributed by atoms with van der Waals surface area (Å²) in [6, 6.07) is 0. The molecule has 0 saturated carbocycles. The third kappa shape index (κ3) is 9.66. The molecule has 0 fully saturated rings. The predicted octanol–water partition coefficient (Wildman–Crippen LogP) is 6.42. The molecule has 0 N–H and O–H groups in total. The molecule has 0 aliphatic rings. The van der Waals surface area contributed by atoms with Crippen LogP contribution in [0.15, 0.2) is 5.11 Å². The zero-order valence-electron chi connectivity index (χ0n) is 20.5.